The smallest absolute Gasteiger partial charge is 0.281 e. The molecule has 134 valence electrons. The van der Waals surface area contributed by atoms with Crippen LogP contribution in [0.4, 0.5) is 5.69 Å². The van der Waals surface area contributed by atoms with Crippen LogP contribution in [0.2, 0.25) is 0 Å². The Kier molecular flexibility index (Phi) is 4.17. The van der Waals surface area contributed by atoms with Gasteiger partial charge in [0.25, 0.3) is 11.6 Å². The van der Waals surface area contributed by atoms with E-state index in [1.807, 2.05) is 42.1 Å². The lowest BCUT2D eigenvalue weighted by molar-refractivity contribution is -0.384. The zero-order chi connectivity index (χ0) is 19.0. The van der Waals surface area contributed by atoms with Gasteiger partial charge >= 0.3 is 0 Å². The fourth-order valence-corrected chi connectivity index (χ4v) is 3.88. The zero-order valence-corrected chi connectivity index (χ0v) is 15.1. The zero-order valence-electron chi connectivity index (χ0n) is 14.2. The highest BCUT2D eigenvalue weighted by molar-refractivity contribution is 7.20. The van der Waals surface area contributed by atoms with Gasteiger partial charge in [-0.05, 0) is 18.2 Å². The van der Waals surface area contributed by atoms with Gasteiger partial charge in [0.05, 0.1) is 16.0 Å². The Hall–Kier alpha value is -3.52. The van der Waals surface area contributed by atoms with Gasteiger partial charge in [-0.1, -0.05) is 18.2 Å². The number of nitro groups is 1. The van der Waals surface area contributed by atoms with Gasteiger partial charge in [-0.15, -0.1) is 11.3 Å². The monoisotopic (exact) mass is 378 g/mol. The topological polar surface area (TPSA) is 89.5 Å². The maximum atomic E-state index is 12.3. The van der Waals surface area contributed by atoms with Gasteiger partial charge < -0.3 is 4.57 Å². The number of thiophene rings is 1. The van der Waals surface area contributed by atoms with E-state index in [-0.39, 0.29) is 11.6 Å². The Labute approximate surface area is 157 Å². The molecule has 8 heteroatoms. The first-order valence-corrected chi connectivity index (χ1v) is 8.90. The molecule has 1 amide bonds. The minimum Gasteiger partial charge on any atom is -0.350 e. The molecule has 0 spiro atoms. The van der Waals surface area contributed by atoms with Crippen LogP contribution >= 0.6 is 11.3 Å². The summed E-state index contributed by atoms with van der Waals surface area (Å²) >= 11 is 1.27. The summed E-state index contributed by atoms with van der Waals surface area (Å²) in [5, 5.41) is 16.6. The molecule has 0 atom stereocenters. The van der Waals surface area contributed by atoms with Crippen molar-refractivity contribution in [2.75, 3.05) is 0 Å². The van der Waals surface area contributed by atoms with E-state index in [0.29, 0.717) is 10.3 Å². The van der Waals surface area contributed by atoms with Gasteiger partial charge in [0.1, 0.15) is 0 Å². The molecule has 0 saturated heterocycles. The maximum Gasteiger partial charge on any atom is 0.281 e. The van der Waals surface area contributed by atoms with Crippen LogP contribution in [0, 0.1) is 10.1 Å². The lowest BCUT2D eigenvalue weighted by Gasteiger charge is -1.95. The normalized spacial score (nSPS) is 11.4. The molecule has 0 bridgehead atoms. The summed E-state index contributed by atoms with van der Waals surface area (Å²) in [7, 11) is 1.95. The Morgan fingerprint density at radius 3 is 2.89 bits per heavy atom. The maximum absolute atomic E-state index is 12.3. The number of rotatable bonds is 4. The van der Waals surface area contributed by atoms with Gasteiger partial charge in [-0.3, -0.25) is 14.9 Å². The Bertz CT molecular complexity index is 1220. The van der Waals surface area contributed by atoms with Crippen molar-refractivity contribution in [1.29, 1.82) is 0 Å². The van der Waals surface area contributed by atoms with Crippen molar-refractivity contribution in [3.05, 3.63) is 75.3 Å². The Morgan fingerprint density at radius 1 is 1.26 bits per heavy atom. The number of amides is 1. The summed E-state index contributed by atoms with van der Waals surface area (Å²) in [6.45, 7) is 0. The largest absolute Gasteiger partial charge is 0.350 e. The van der Waals surface area contributed by atoms with Crippen molar-refractivity contribution in [3.63, 3.8) is 0 Å². The Balaban J connectivity index is 1.54. The fourth-order valence-electron chi connectivity index (χ4n) is 2.95. The van der Waals surface area contributed by atoms with Gasteiger partial charge in [0, 0.05) is 51.9 Å². The van der Waals surface area contributed by atoms with Crippen molar-refractivity contribution in [2.45, 2.75) is 0 Å². The Morgan fingerprint density at radius 2 is 2.07 bits per heavy atom. The molecule has 0 aliphatic rings. The predicted molar refractivity (Wildman–Crippen MR) is 106 cm³/mol. The lowest BCUT2D eigenvalue weighted by Crippen LogP contribution is -2.16. The molecule has 4 rings (SSSR count). The number of hydrogen-bond acceptors (Lipinski definition) is 5. The van der Waals surface area contributed by atoms with E-state index in [4.69, 9.17) is 0 Å². The number of fused-ring (bicyclic) bond motifs is 2. The summed E-state index contributed by atoms with van der Waals surface area (Å²) in [4.78, 5) is 23.2. The second-order valence-electron chi connectivity index (χ2n) is 6.00. The molecule has 7 nitrogen and oxygen atoms in total. The summed E-state index contributed by atoms with van der Waals surface area (Å²) in [5.41, 5.74) is 4.50. The lowest BCUT2D eigenvalue weighted by atomic mass is 10.2. The van der Waals surface area contributed by atoms with Crippen LogP contribution in [-0.2, 0) is 7.05 Å². The molecule has 4 aromatic rings. The molecule has 2 aromatic heterocycles. The second-order valence-corrected chi connectivity index (χ2v) is 7.09. The number of nitrogens with one attached hydrogen (secondary N) is 1. The molecule has 0 unspecified atom stereocenters. The van der Waals surface area contributed by atoms with Crippen LogP contribution in [-0.4, -0.2) is 21.6 Å². The van der Waals surface area contributed by atoms with Crippen LogP contribution in [0.15, 0.2) is 59.8 Å². The van der Waals surface area contributed by atoms with E-state index in [9.17, 15) is 14.9 Å². The van der Waals surface area contributed by atoms with Crippen molar-refractivity contribution >= 4 is 50.1 Å². The van der Waals surface area contributed by atoms with Crippen LogP contribution in [0.25, 0.3) is 21.0 Å². The van der Waals surface area contributed by atoms with Gasteiger partial charge in [-0.2, -0.15) is 5.10 Å². The van der Waals surface area contributed by atoms with Crippen LogP contribution in [0.3, 0.4) is 0 Å². The van der Waals surface area contributed by atoms with E-state index in [1.165, 1.54) is 23.5 Å². The standard InChI is InChI=1S/C19H14N4O3S/c1-22-11-13(15-4-2-3-5-16(15)22)10-20-21-19(24)18-9-12-8-14(23(25)26)6-7-17(12)27-18/h2-11H,1H3,(H,21,24)/b20-10-. The number of aromatic nitrogens is 1. The number of carbonyl (C=O) groups is 1. The van der Waals surface area contributed by atoms with Crippen molar-refractivity contribution in [2.24, 2.45) is 12.1 Å². The molecular weight excluding hydrogens is 364 g/mol. The summed E-state index contributed by atoms with van der Waals surface area (Å²) in [6.07, 6.45) is 3.55. The molecule has 2 heterocycles. The number of nitrogens with zero attached hydrogens (tertiary/aromatic N) is 3. The minimum atomic E-state index is -0.453. The van der Waals surface area contributed by atoms with Crippen LogP contribution < -0.4 is 5.43 Å². The van der Waals surface area contributed by atoms with Gasteiger partial charge in [-0.25, -0.2) is 5.43 Å². The van der Waals surface area contributed by atoms with Gasteiger partial charge in [0.15, 0.2) is 0 Å². The van der Waals surface area contributed by atoms with Crippen molar-refractivity contribution < 1.29 is 9.72 Å². The third-order valence-electron chi connectivity index (χ3n) is 4.23. The third kappa shape index (κ3) is 3.18. The first-order valence-electron chi connectivity index (χ1n) is 8.08. The number of carbonyl (C=O) groups excluding carboxylic acids is 1. The summed E-state index contributed by atoms with van der Waals surface area (Å²) in [5.74, 6) is -0.352. The highest BCUT2D eigenvalue weighted by atomic mass is 32.1. The number of hydrazone groups is 1. The molecule has 27 heavy (non-hydrogen) atoms. The van der Waals surface area contributed by atoms with E-state index in [1.54, 1.807) is 18.3 Å². The van der Waals surface area contributed by atoms with E-state index in [0.717, 1.165) is 21.2 Å². The number of aryl methyl sites for hydroxylation is 1. The second kappa shape index (κ2) is 6.65. The van der Waals surface area contributed by atoms with Gasteiger partial charge in [0.2, 0.25) is 0 Å². The van der Waals surface area contributed by atoms with E-state index in [2.05, 4.69) is 10.5 Å². The van der Waals surface area contributed by atoms with Crippen molar-refractivity contribution in [3.8, 4) is 0 Å². The first-order chi connectivity index (χ1) is 13.0. The SMILES string of the molecule is Cn1cc(/C=N\NC(=O)c2cc3cc([N+](=O)[O-])ccc3s2)c2ccccc21. The fraction of sp³-hybridized carbons (Fsp3) is 0.0526. The van der Waals surface area contributed by atoms with Crippen LogP contribution in [0.5, 0.6) is 0 Å². The predicted octanol–water partition coefficient (Wildman–Crippen LogP) is 4.07. The molecular formula is C19H14N4O3S. The van der Waals surface area contributed by atoms with Crippen LogP contribution in [0.1, 0.15) is 15.2 Å². The summed E-state index contributed by atoms with van der Waals surface area (Å²) < 4.78 is 2.81. The van der Waals surface area contributed by atoms with E-state index < -0.39 is 4.92 Å². The third-order valence-corrected chi connectivity index (χ3v) is 5.35. The number of para-hydroxylation sites is 1. The number of hydrogen-bond donors (Lipinski definition) is 1. The highest BCUT2D eigenvalue weighted by Gasteiger charge is 2.13. The summed E-state index contributed by atoms with van der Waals surface area (Å²) in [6, 6.07) is 14.1. The highest BCUT2D eigenvalue weighted by Crippen LogP contribution is 2.28. The average Bonchev–Trinajstić information content (AvgIpc) is 3.23. The molecule has 0 saturated carbocycles. The molecule has 0 radical (unpaired) electrons. The van der Waals surface area contributed by atoms with Crippen molar-refractivity contribution in [1.82, 2.24) is 9.99 Å². The quantitative estimate of drug-likeness (QED) is 0.330. The molecule has 2 aromatic carbocycles. The minimum absolute atomic E-state index is 0.00114. The molecule has 0 aliphatic heterocycles. The number of non-ortho nitro benzene ring substituents is 1. The number of nitro benzene ring substituents is 1. The van der Waals surface area contributed by atoms with E-state index >= 15 is 0 Å². The average molecular weight is 378 g/mol. The molecule has 0 fully saturated rings. The number of benzene rings is 2. The molecule has 0 aliphatic carbocycles. The molecule has 1 N–H and O–H groups in total. The first kappa shape index (κ1) is 16.9.